The van der Waals surface area contributed by atoms with E-state index in [1.54, 1.807) is 6.07 Å². The van der Waals surface area contributed by atoms with Crippen molar-refractivity contribution in [2.75, 3.05) is 18.0 Å². The predicted molar refractivity (Wildman–Crippen MR) is 74.4 cm³/mol. The molecule has 2 rings (SSSR count). The van der Waals surface area contributed by atoms with Gasteiger partial charge in [-0.2, -0.15) is 0 Å². The van der Waals surface area contributed by atoms with Gasteiger partial charge in [0.15, 0.2) is 0 Å². The van der Waals surface area contributed by atoms with Crippen molar-refractivity contribution in [3.05, 3.63) is 29.6 Å². The molecule has 0 aromatic heterocycles. The number of aliphatic hydroxyl groups is 1. The lowest BCUT2D eigenvalue weighted by Gasteiger charge is -2.37. The topological polar surface area (TPSA) is 49.5 Å². The summed E-state index contributed by atoms with van der Waals surface area (Å²) in [6.07, 6.45) is 1.36. The van der Waals surface area contributed by atoms with Crippen LogP contribution in [-0.4, -0.2) is 28.8 Å². The standard InChI is InChI=1S/C13H17FN2OS/c1-13(17)4-6-16(7-5-13)11-3-2-9(14)8-10(11)12(15)18/h2-3,8,17H,4-7H2,1H3,(H2,15,18). The van der Waals surface area contributed by atoms with E-state index in [0.717, 1.165) is 5.69 Å². The maximum Gasteiger partial charge on any atom is 0.124 e. The third-order valence-electron chi connectivity index (χ3n) is 3.41. The molecule has 0 amide bonds. The Kier molecular flexibility index (Phi) is 3.54. The number of thiocarbonyl (C=S) groups is 1. The maximum absolute atomic E-state index is 13.2. The van der Waals surface area contributed by atoms with Gasteiger partial charge in [0.25, 0.3) is 0 Å². The molecule has 1 fully saturated rings. The predicted octanol–water partition coefficient (Wildman–Crippen LogP) is 1.81. The molecule has 3 nitrogen and oxygen atoms in total. The molecule has 0 saturated carbocycles. The molecule has 0 bridgehead atoms. The van der Waals surface area contributed by atoms with Gasteiger partial charge in [0.2, 0.25) is 0 Å². The van der Waals surface area contributed by atoms with Gasteiger partial charge in [-0.05, 0) is 38.0 Å². The normalized spacial score (nSPS) is 18.7. The summed E-state index contributed by atoms with van der Waals surface area (Å²) < 4.78 is 13.2. The number of hydrogen-bond acceptors (Lipinski definition) is 3. The van der Waals surface area contributed by atoms with Crippen molar-refractivity contribution >= 4 is 22.9 Å². The third kappa shape index (κ3) is 2.79. The molecule has 1 aromatic carbocycles. The molecule has 0 unspecified atom stereocenters. The third-order valence-corrected chi connectivity index (χ3v) is 3.63. The molecule has 1 saturated heterocycles. The van der Waals surface area contributed by atoms with Gasteiger partial charge >= 0.3 is 0 Å². The fourth-order valence-corrected chi connectivity index (χ4v) is 2.37. The number of rotatable bonds is 2. The Labute approximate surface area is 111 Å². The van der Waals surface area contributed by atoms with Gasteiger partial charge in [-0.15, -0.1) is 0 Å². The molecule has 1 aliphatic heterocycles. The molecule has 1 aromatic rings. The largest absolute Gasteiger partial charge is 0.390 e. The van der Waals surface area contributed by atoms with Crippen LogP contribution < -0.4 is 10.6 Å². The summed E-state index contributed by atoms with van der Waals surface area (Å²) in [5.74, 6) is -0.342. The minimum absolute atomic E-state index is 0.196. The second-order valence-corrected chi connectivity index (χ2v) is 5.45. The highest BCUT2D eigenvalue weighted by molar-refractivity contribution is 7.80. The lowest BCUT2D eigenvalue weighted by molar-refractivity contribution is 0.0351. The number of anilines is 1. The van der Waals surface area contributed by atoms with Crippen LogP contribution in [0.15, 0.2) is 18.2 Å². The summed E-state index contributed by atoms with van der Waals surface area (Å²) >= 11 is 4.96. The lowest BCUT2D eigenvalue weighted by Crippen LogP contribution is -2.43. The highest BCUT2D eigenvalue weighted by atomic mass is 32.1. The van der Waals surface area contributed by atoms with Crippen LogP contribution in [0.3, 0.4) is 0 Å². The van der Waals surface area contributed by atoms with E-state index in [0.29, 0.717) is 31.5 Å². The van der Waals surface area contributed by atoms with Gasteiger partial charge in [0.05, 0.1) is 5.60 Å². The Balaban J connectivity index is 2.26. The zero-order valence-corrected chi connectivity index (χ0v) is 11.1. The van der Waals surface area contributed by atoms with Crippen LogP contribution in [0.5, 0.6) is 0 Å². The van der Waals surface area contributed by atoms with E-state index in [1.165, 1.54) is 12.1 Å². The molecule has 0 atom stereocenters. The van der Waals surface area contributed by atoms with Crippen LogP contribution in [0.1, 0.15) is 25.3 Å². The summed E-state index contributed by atoms with van der Waals surface area (Å²) in [5, 5.41) is 9.92. The number of halogens is 1. The molecule has 98 valence electrons. The molecular formula is C13H17FN2OS. The molecule has 1 aliphatic rings. The van der Waals surface area contributed by atoms with Gasteiger partial charge in [0, 0.05) is 24.3 Å². The van der Waals surface area contributed by atoms with Crippen LogP contribution in [-0.2, 0) is 0 Å². The molecule has 3 N–H and O–H groups in total. The number of benzene rings is 1. The second kappa shape index (κ2) is 4.82. The van der Waals surface area contributed by atoms with E-state index in [-0.39, 0.29) is 10.8 Å². The molecular weight excluding hydrogens is 251 g/mol. The van der Waals surface area contributed by atoms with Crippen molar-refractivity contribution in [1.82, 2.24) is 0 Å². The van der Waals surface area contributed by atoms with Crippen LogP contribution in [0.25, 0.3) is 0 Å². The van der Waals surface area contributed by atoms with Crippen LogP contribution >= 0.6 is 12.2 Å². The van der Waals surface area contributed by atoms with Gasteiger partial charge in [0.1, 0.15) is 10.8 Å². The highest BCUT2D eigenvalue weighted by Gasteiger charge is 2.28. The second-order valence-electron chi connectivity index (χ2n) is 5.01. The molecule has 0 aliphatic carbocycles. The van der Waals surface area contributed by atoms with Gasteiger partial charge in [-0.3, -0.25) is 0 Å². The maximum atomic E-state index is 13.2. The van der Waals surface area contributed by atoms with Gasteiger partial charge < -0.3 is 15.7 Å². The average molecular weight is 268 g/mol. The molecule has 0 radical (unpaired) electrons. The zero-order valence-electron chi connectivity index (χ0n) is 10.3. The number of piperidine rings is 1. The fourth-order valence-electron chi connectivity index (χ4n) is 2.21. The SMILES string of the molecule is CC1(O)CCN(c2ccc(F)cc2C(N)=S)CC1. The quantitative estimate of drug-likeness (QED) is 0.803. The van der Waals surface area contributed by atoms with E-state index in [4.69, 9.17) is 18.0 Å². The Morgan fingerprint density at radius 2 is 2.06 bits per heavy atom. The molecule has 0 spiro atoms. The number of nitrogens with two attached hydrogens (primary N) is 1. The van der Waals surface area contributed by atoms with E-state index in [1.807, 2.05) is 6.92 Å². The number of nitrogens with zero attached hydrogens (tertiary/aromatic N) is 1. The summed E-state index contributed by atoms with van der Waals surface area (Å²) in [6.45, 7) is 3.27. The molecule has 1 heterocycles. The number of hydrogen-bond donors (Lipinski definition) is 2. The van der Waals surface area contributed by atoms with E-state index in [9.17, 15) is 9.50 Å². The van der Waals surface area contributed by atoms with Crippen molar-refractivity contribution in [3.8, 4) is 0 Å². The zero-order chi connectivity index (χ0) is 13.3. The first-order valence-electron chi connectivity index (χ1n) is 5.96. The summed E-state index contributed by atoms with van der Waals surface area (Å²) in [7, 11) is 0. The van der Waals surface area contributed by atoms with Gasteiger partial charge in [-0.25, -0.2) is 4.39 Å². The summed E-state index contributed by atoms with van der Waals surface area (Å²) in [5.41, 5.74) is 6.43. The van der Waals surface area contributed by atoms with Gasteiger partial charge in [-0.1, -0.05) is 12.2 Å². The molecule has 5 heteroatoms. The van der Waals surface area contributed by atoms with Crippen LogP contribution in [0, 0.1) is 5.82 Å². The van der Waals surface area contributed by atoms with Crippen molar-refractivity contribution in [3.63, 3.8) is 0 Å². The van der Waals surface area contributed by atoms with Crippen molar-refractivity contribution in [1.29, 1.82) is 0 Å². The first-order valence-corrected chi connectivity index (χ1v) is 6.36. The Bertz CT molecular complexity index is 466. The van der Waals surface area contributed by atoms with E-state index < -0.39 is 5.60 Å². The van der Waals surface area contributed by atoms with Crippen LogP contribution in [0.2, 0.25) is 0 Å². The lowest BCUT2D eigenvalue weighted by atomic mass is 9.93. The Morgan fingerprint density at radius 1 is 1.44 bits per heavy atom. The van der Waals surface area contributed by atoms with Crippen LogP contribution in [0.4, 0.5) is 10.1 Å². The van der Waals surface area contributed by atoms with E-state index >= 15 is 0 Å². The fraction of sp³-hybridized carbons (Fsp3) is 0.462. The van der Waals surface area contributed by atoms with Crippen molar-refractivity contribution in [2.45, 2.75) is 25.4 Å². The smallest absolute Gasteiger partial charge is 0.124 e. The minimum atomic E-state index is -0.611. The first kappa shape index (κ1) is 13.2. The average Bonchev–Trinajstić information content (AvgIpc) is 2.29. The van der Waals surface area contributed by atoms with Crippen molar-refractivity contribution < 1.29 is 9.50 Å². The summed E-state index contributed by atoms with van der Waals surface area (Å²) in [6, 6.07) is 4.47. The van der Waals surface area contributed by atoms with Crippen molar-refractivity contribution in [2.24, 2.45) is 5.73 Å². The summed E-state index contributed by atoms with van der Waals surface area (Å²) in [4.78, 5) is 2.29. The Hall–Kier alpha value is -1.20. The first-order chi connectivity index (χ1) is 8.39. The molecule has 18 heavy (non-hydrogen) atoms. The van der Waals surface area contributed by atoms with E-state index in [2.05, 4.69) is 4.90 Å². The minimum Gasteiger partial charge on any atom is -0.390 e. The Morgan fingerprint density at radius 3 is 2.61 bits per heavy atom. The monoisotopic (exact) mass is 268 g/mol. The highest BCUT2D eigenvalue weighted by Crippen LogP contribution is 2.28.